The number of carbonyl (C=O) groups is 4. The van der Waals surface area contributed by atoms with E-state index < -0.39 is 22.9 Å². The number of likely N-dealkylation sites (tertiary alicyclic amines) is 1. The van der Waals surface area contributed by atoms with E-state index in [9.17, 15) is 24.3 Å². The third-order valence-corrected chi connectivity index (χ3v) is 16.0. The molecule has 9 heteroatoms. The van der Waals surface area contributed by atoms with Crippen molar-refractivity contribution in [3.05, 3.63) is 11.1 Å². The summed E-state index contributed by atoms with van der Waals surface area (Å²) < 4.78 is 12.2. The second kappa shape index (κ2) is 12.9. The van der Waals surface area contributed by atoms with E-state index in [2.05, 4.69) is 65.7 Å². The number of Topliss-reactive ketones (excluding diaryl/α,β-unsaturated/α-hetero) is 1. The van der Waals surface area contributed by atoms with E-state index in [1.807, 2.05) is 0 Å². The smallest absolute Gasteiger partial charge is 0.408 e. The third kappa shape index (κ3) is 6.07. The first-order chi connectivity index (χ1) is 23.6. The molecular formula is C42H66N2O7. The topological polar surface area (TPSA) is 122 Å². The van der Waals surface area contributed by atoms with Crippen molar-refractivity contribution in [3.8, 4) is 0 Å². The Kier molecular flexibility index (Phi) is 9.66. The molecule has 4 saturated carbocycles. The number of carboxylic acid groups (broad SMARTS) is 1. The Morgan fingerprint density at radius 2 is 1.59 bits per heavy atom. The summed E-state index contributed by atoms with van der Waals surface area (Å²) in [5, 5.41) is 13.0. The predicted molar refractivity (Wildman–Crippen MR) is 196 cm³/mol. The molecule has 6 aliphatic rings. The van der Waals surface area contributed by atoms with E-state index in [0.29, 0.717) is 18.3 Å². The van der Waals surface area contributed by atoms with Crippen LogP contribution in [0.2, 0.25) is 0 Å². The molecule has 1 amide bonds. The number of aliphatic carboxylic acids is 1. The molecule has 286 valence electrons. The summed E-state index contributed by atoms with van der Waals surface area (Å²) in [5.74, 6) is -0.390. The van der Waals surface area contributed by atoms with Crippen LogP contribution in [-0.2, 0) is 23.9 Å². The second-order valence-electron chi connectivity index (χ2n) is 20.0. The standard InChI is InChI=1S/C42H66N2O7/c1-25(2)33-28(45)23-42(43-36(49)50-26-15-21-44(10)22-16-26)20-19-40(8)27(34(33)42)11-12-30-39(7)17-14-31(51-32(46)24-37(3,4)35(47)48)38(5,6)29(39)13-18-41(30,40)9/h25-26,29-31,33H,11-24H2,1-10H3,(H,43,49)(H,47,48)/t29?,30?,31-,33?,39-,40+,41+,42+/m0/s1. The van der Waals surface area contributed by atoms with Crippen LogP contribution in [0.4, 0.5) is 4.79 Å². The number of allylic oxidation sites excluding steroid dienone is 1. The molecule has 6 rings (SSSR count). The van der Waals surface area contributed by atoms with Crippen LogP contribution in [0.3, 0.4) is 0 Å². The molecule has 1 aliphatic heterocycles. The Bertz CT molecular complexity index is 1470. The van der Waals surface area contributed by atoms with Gasteiger partial charge in [-0.1, -0.05) is 54.0 Å². The molecule has 0 aromatic rings. The van der Waals surface area contributed by atoms with Crippen LogP contribution >= 0.6 is 0 Å². The van der Waals surface area contributed by atoms with Crippen molar-refractivity contribution >= 4 is 23.8 Å². The van der Waals surface area contributed by atoms with Gasteiger partial charge < -0.3 is 24.8 Å². The number of esters is 1. The van der Waals surface area contributed by atoms with Gasteiger partial charge in [-0.15, -0.1) is 0 Å². The third-order valence-electron chi connectivity index (χ3n) is 16.0. The number of nitrogens with one attached hydrogen (secondary N) is 1. The fourth-order valence-electron chi connectivity index (χ4n) is 12.9. The Morgan fingerprint density at radius 1 is 0.922 bits per heavy atom. The molecule has 1 saturated heterocycles. The molecule has 0 bridgehead atoms. The Labute approximate surface area is 306 Å². The molecule has 0 aromatic heterocycles. The molecule has 0 spiro atoms. The van der Waals surface area contributed by atoms with Crippen LogP contribution in [0.5, 0.6) is 0 Å². The molecule has 2 N–H and O–H groups in total. The lowest BCUT2D eigenvalue weighted by Crippen LogP contribution is -2.65. The van der Waals surface area contributed by atoms with E-state index >= 15 is 0 Å². The van der Waals surface area contributed by atoms with Crippen molar-refractivity contribution in [3.63, 3.8) is 0 Å². The summed E-state index contributed by atoms with van der Waals surface area (Å²) in [6.07, 6.45) is 8.63. The van der Waals surface area contributed by atoms with E-state index in [1.165, 1.54) is 11.1 Å². The lowest BCUT2D eigenvalue weighted by Gasteiger charge is -2.70. The van der Waals surface area contributed by atoms with Crippen molar-refractivity contribution < 1.29 is 33.8 Å². The summed E-state index contributed by atoms with van der Waals surface area (Å²) in [7, 11) is 2.10. The van der Waals surface area contributed by atoms with Crippen LogP contribution in [0.15, 0.2) is 11.1 Å². The van der Waals surface area contributed by atoms with Crippen molar-refractivity contribution in [2.24, 2.45) is 50.7 Å². The van der Waals surface area contributed by atoms with Gasteiger partial charge in [0, 0.05) is 30.8 Å². The van der Waals surface area contributed by atoms with Crippen LogP contribution in [0.1, 0.15) is 139 Å². The average Bonchev–Trinajstić information content (AvgIpc) is 3.31. The van der Waals surface area contributed by atoms with Crippen molar-refractivity contribution in [2.45, 2.75) is 157 Å². The van der Waals surface area contributed by atoms with Gasteiger partial charge in [0.05, 0.1) is 17.4 Å². The Morgan fingerprint density at radius 3 is 2.22 bits per heavy atom. The molecule has 1 heterocycles. The van der Waals surface area contributed by atoms with E-state index in [1.54, 1.807) is 13.8 Å². The maximum absolute atomic E-state index is 14.0. The Balaban J connectivity index is 1.28. The summed E-state index contributed by atoms with van der Waals surface area (Å²) in [6, 6.07) is 0. The van der Waals surface area contributed by atoms with Gasteiger partial charge in [-0.05, 0) is 125 Å². The first-order valence-electron chi connectivity index (χ1n) is 20.0. The SMILES string of the molecule is CC(C)C1C(=O)C[C@]2(NC(=O)OC3CCN(C)CC3)CC[C@]3(C)C(=C12)CCC1[C@@]2(C)CC[C@H](OC(=O)CC(C)(C)C(=O)O)C(C)(C)C2CC[C@]13C. The Hall–Kier alpha value is -2.42. The number of nitrogens with zero attached hydrogens (tertiary/aromatic N) is 1. The molecule has 5 aliphatic carbocycles. The number of hydrogen-bond acceptors (Lipinski definition) is 7. The number of alkyl carbamates (subject to hydrolysis) is 1. The highest BCUT2D eigenvalue weighted by molar-refractivity contribution is 5.92. The van der Waals surface area contributed by atoms with Gasteiger partial charge in [0.15, 0.2) is 0 Å². The summed E-state index contributed by atoms with van der Waals surface area (Å²) in [5.41, 5.74) is 0.509. The zero-order valence-corrected chi connectivity index (χ0v) is 33.2. The number of carboxylic acids is 1. The van der Waals surface area contributed by atoms with Gasteiger partial charge in [0.2, 0.25) is 0 Å². The minimum Gasteiger partial charge on any atom is -0.481 e. The lowest BCUT2D eigenvalue weighted by atomic mass is 9.34. The quantitative estimate of drug-likeness (QED) is 0.202. The number of fused-ring (bicyclic) bond motifs is 6. The van der Waals surface area contributed by atoms with Gasteiger partial charge >= 0.3 is 18.0 Å². The van der Waals surface area contributed by atoms with Crippen LogP contribution in [0.25, 0.3) is 0 Å². The summed E-state index contributed by atoms with van der Waals surface area (Å²) >= 11 is 0. The minimum absolute atomic E-state index is 0.0118. The molecule has 8 atom stereocenters. The maximum atomic E-state index is 14.0. The number of ether oxygens (including phenoxy) is 2. The molecule has 0 aromatic carbocycles. The number of rotatable bonds is 7. The highest BCUT2D eigenvalue weighted by atomic mass is 16.6. The second-order valence-corrected chi connectivity index (χ2v) is 20.0. The van der Waals surface area contributed by atoms with Gasteiger partial charge in [-0.3, -0.25) is 14.4 Å². The van der Waals surface area contributed by atoms with Crippen LogP contribution < -0.4 is 5.32 Å². The first-order valence-corrected chi connectivity index (χ1v) is 20.0. The normalized spacial score (nSPS) is 39.8. The monoisotopic (exact) mass is 710 g/mol. The molecule has 3 unspecified atom stereocenters. The minimum atomic E-state index is -1.17. The molecule has 5 fully saturated rings. The van der Waals surface area contributed by atoms with Crippen molar-refractivity contribution in [1.29, 1.82) is 0 Å². The molecule has 51 heavy (non-hydrogen) atoms. The van der Waals surface area contributed by atoms with Crippen molar-refractivity contribution in [2.75, 3.05) is 20.1 Å². The maximum Gasteiger partial charge on any atom is 0.408 e. The van der Waals surface area contributed by atoms with Gasteiger partial charge in [-0.2, -0.15) is 0 Å². The first kappa shape index (κ1) is 38.3. The fraction of sp³-hybridized carbons (Fsp3) is 0.857. The van der Waals surface area contributed by atoms with Crippen LogP contribution in [-0.4, -0.2) is 71.7 Å². The molecular weight excluding hydrogens is 644 g/mol. The lowest BCUT2D eigenvalue weighted by molar-refractivity contribution is -0.214. The largest absolute Gasteiger partial charge is 0.481 e. The zero-order chi connectivity index (χ0) is 37.5. The summed E-state index contributed by atoms with van der Waals surface area (Å²) in [4.78, 5) is 54.7. The van der Waals surface area contributed by atoms with Crippen LogP contribution in [0, 0.1) is 50.7 Å². The van der Waals surface area contributed by atoms with Gasteiger partial charge in [0.25, 0.3) is 0 Å². The summed E-state index contributed by atoms with van der Waals surface area (Å²) in [6.45, 7) is 21.3. The number of carbonyl (C=O) groups excluding carboxylic acids is 3. The molecule has 9 nitrogen and oxygen atoms in total. The average molecular weight is 711 g/mol. The highest BCUT2D eigenvalue weighted by Crippen LogP contribution is 2.75. The van der Waals surface area contributed by atoms with E-state index in [0.717, 1.165) is 77.3 Å². The van der Waals surface area contributed by atoms with E-state index in [-0.39, 0.29) is 64.0 Å². The zero-order valence-electron chi connectivity index (χ0n) is 33.2. The number of ketones is 1. The number of piperidine rings is 1. The number of hydrogen-bond donors (Lipinski definition) is 2. The van der Waals surface area contributed by atoms with Gasteiger partial charge in [-0.25, -0.2) is 4.79 Å². The fourth-order valence-corrected chi connectivity index (χ4v) is 12.9. The van der Waals surface area contributed by atoms with Crippen molar-refractivity contribution in [1.82, 2.24) is 10.2 Å². The van der Waals surface area contributed by atoms with E-state index in [4.69, 9.17) is 9.47 Å². The molecule has 0 radical (unpaired) electrons. The highest BCUT2D eigenvalue weighted by Gasteiger charge is 2.69. The predicted octanol–water partition coefficient (Wildman–Crippen LogP) is 7.95. The van der Waals surface area contributed by atoms with Gasteiger partial charge in [0.1, 0.15) is 18.0 Å². The number of amides is 1.